The van der Waals surface area contributed by atoms with Crippen LogP contribution in [-0.2, 0) is 5.12 Å². The number of rotatable bonds is 2. The summed E-state index contributed by atoms with van der Waals surface area (Å²) in [6, 6.07) is 23.4. The first kappa shape index (κ1) is 14.7. The van der Waals surface area contributed by atoms with E-state index in [0.717, 1.165) is 18.7 Å². The molecular formula is C20H19ClN2. The number of benzene rings is 3. The summed E-state index contributed by atoms with van der Waals surface area (Å²) in [6.07, 6.45) is 0. The van der Waals surface area contributed by atoms with Gasteiger partial charge in [-0.1, -0.05) is 72.3 Å². The van der Waals surface area contributed by atoms with Crippen molar-refractivity contribution in [2.75, 3.05) is 20.1 Å². The van der Waals surface area contributed by atoms with E-state index in [1.165, 1.54) is 21.9 Å². The fraction of sp³-hybridized carbons (Fsp3) is 0.200. The van der Waals surface area contributed by atoms with E-state index in [9.17, 15) is 0 Å². The van der Waals surface area contributed by atoms with Crippen LogP contribution < -0.4 is 5.32 Å². The van der Waals surface area contributed by atoms with Gasteiger partial charge in [0.25, 0.3) is 0 Å². The molecule has 0 bridgehead atoms. The van der Waals surface area contributed by atoms with E-state index in [0.29, 0.717) is 0 Å². The van der Waals surface area contributed by atoms with E-state index in [2.05, 4.69) is 84.0 Å². The third kappa shape index (κ3) is 2.43. The van der Waals surface area contributed by atoms with Crippen molar-refractivity contribution < 1.29 is 0 Å². The lowest BCUT2D eigenvalue weighted by atomic mass is 9.95. The Morgan fingerprint density at radius 2 is 1.70 bits per heavy atom. The summed E-state index contributed by atoms with van der Waals surface area (Å²) in [7, 11) is 2.06. The molecule has 1 aliphatic rings. The number of hydrogen-bond donors (Lipinski definition) is 1. The van der Waals surface area contributed by atoms with Crippen LogP contribution in [0.3, 0.4) is 0 Å². The fourth-order valence-corrected chi connectivity index (χ4v) is 3.70. The minimum atomic E-state index is -0.637. The van der Waals surface area contributed by atoms with Gasteiger partial charge in [-0.25, -0.2) is 0 Å². The molecule has 1 atom stereocenters. The Morgan fingerprint density at radius 1 is 0.957 bits per heavy atom. The highest BCUT2D eigenvalue weighted by atomic mass is 35.5. The lowest BCUT2D eigenvalue weighted by Gasteiger charge is -2.31. The molecule has 1 aliphatic heterocycles. The highest BCUT2D eigenvalue weighted by Crippen LogP contribution is 2.39. The summed E-state index contributed by atoms with van der Waals surface area (Å²) < 4.78 is 0. The van der Waals surface area contributed by atoms with Gasteiger partial charge in [0, 0.05) is 18.7 Å². The highest BCUT2D eigenvalue weighted by Gasteiger charge is 2.39. The molecular weight excluding hydrogens is 304 g/mol. The summed E-state index contributed by atoms with van der Waals surface area (Å²) in [6.45, 7) is 1.83. The molecule has 0 spiro atoms. The minimum Gasteiger partial charge on any atom is -0.281 e. The summed E-state index contributed by atoms with van der Waals surface area (Å²) in [5.41, 5.74) is 3.48. The number of nitrogens with zero attached hydrogens (tertiary/aromatic N) is 1. The van der Waals surface area contributed by atoms with E-state index >= 15 is 0 Å². The second-order valence-electron chi connectivity index (χ2n) is 6.08. The molecule has 4 rings (SSSR count). The van der Waals surface area contributed by atoms with Crippen LogP contribution in [0.4, 0.5) is 0 Å². The van der Waals surface area contributed by atoms with Gasteiger partial charge in [-0.05, 0) is 35.0 Å². The van der Waals surface area contributed by atoms with Crippen molar-refractivity contribution in [1.82, 2.24) is 10.2 Å². The van der Waals surface area contributed by atoms with Crippen LogP contribution in [0.15, 0.2) is 66.7 Å². The van der Waals surface area contributed by atoms with Gasteiger partial charge in [-0.3, -0.25) is 10.2 Å². The second kappa shape index (κ2) is 5.64. The zero-order chi connectivity index (χ0) is 15.9. The van der Waals surface area contributed by atoms with E-state index in [1.54, 1.807) is 0 Å². The Labute approximate surface area is 141 Å². The first-order chi connectivity index (χ1) is 11.2. The largest absolute Gasteiger partial charge is 0.281 e. The molecule has 23 heavy (non-hydrogen) atoms. The lowest BCUT2D eigenvalue weighted by Crippen LogP contribution is -2.41. The van der Waals surface area contributed by atoms with E-state index in [-0.39, 0.29) is 0 Å². The molecule has 116 valence electrons. The predicted molar refractivity (Wildman–Crippen MR) is 97.5 cm³/mol. The van der Waals surface area contributed by atoms with Gasteiger partial charge in [-0.2, -0.15) is 0 Å². The lowest BCUT2D eigenvalue weighted by molar-refractivity contribution is 0.253. The molecule has 1 heterocycles. The van der Waals surface area contributed by atoms with Crippen molar-refractivity contribution in [3.8, 4) is 11.1 Å². The monoisotopic (exact) mass is 322 g/mol. The second-order valence-corrected chi connectivity index (χ2v) is 6.62. The van der Waals surface area contributed by atoms with E-state index in [4.69, 9.17) is 11.6 Å². The van der Waals surface area contributed by atoms with Crippen molar-refractivity contribution in [2.24, 2.45) is 0 Å². The van der Waals surface area contributed by atoms with E-state index < -0.39 is 5.12 Å². The molecule has 1 fully saturated rings. The first-order valence-corrected chi connectivity index (χ1v) is 8.30. The average molecular weight is 323 g/mol. The van der Waals surface area contributed by atoms with Crippen LogP contribution in [0.2, 0.25) is 0 Å². The van der Waals surface area contributed by atoms with Crippen LogP contribution in [0.5, 0.6) is 0 Å². The van der Waals surface area contributed by atoms with Gasteiger partial charge in [0.05, 0.1) is 0 Å². The SMILES string of the molecule is CN1CCNC1(Cl)c1ccccc1-c1ccc2ccccc2c1. The Hall–Kier alpha value is -1.87. The molecule has 3 heteroatoms. The van der Waals surface area contributed by atoms with Crippen LogP contribution in [-0.4, -0.2) is 25.0 Å². The van der Waals surface area contributed by atoms with Crippen molar-refractivity contribution in [1.29, 1.82) is 0 Å². The van der Waals surface area contributed by atoms with Crippen LogP contribution in [0, 0.1) is 0 Å². The normalized spacial score (nSPS) is 21.8. The zero-order valence-electron chi connectivity index (χ0n) is 13.1. The number of likely N-dealkylation sites (N-methyl/N-ethyl adjacent to an activating group) is 1. The predicted octanol–water partition coefficient (Wildman–Crippen LogP) is 4.39. The van der Waals surface area contributed by atoms with Gasteiger partial charge >= 0.3 is 0 Å². The molecule has 3 aromatic rings. The molecule has 1 saturated heterocycles. The number of halogens is 1. The Morgan fingerprint density at radius 3 is 2.48 bits per heavy atom. The fourth-order valence-electron chi connectivity index (χ4n) is 3.36. The van der Waals surface area contributed by atoms with Crippen molar-refractivity contribution in [3.63, 3.8) is 0 Å². The van der Waals surface area contributed by atoms with Crippen molar-refractivity contribution in [3.05, 3.63) is 72.3 Å². The van der Waals surface area contributed by atoms with E-state index in [1.807, 2.05) is 0 Å². The number of fused-ring (bicyclic) bond motifs is 1. The maximum Gasteiger partial charge on any atom is 0.175 e. The first-order valence-electron chi connectivity index (χ1n) is 7.92. The molecule has 2 nitrogen and oxygen atoms in total. The molecule has 3 aromatic carbocycles. The van der Waals surface area contributed by atoms with Gasteiger partial charge < -0.3 is 0 Å². The summed E-state index contributed by atoms with van der Waals surface area (Å²) in [4.78, 5) is 2.16. The van der Waals surface area contributed by atoms with Crippen LogP contribution in [0.25, 0.3) is 21.9 Å². The maximum atomic E-state index is 6.93. The summed E-state index contributed by atoms with van der Waals surface area (Å²) in [5, 5.41) is 5.30. The molecule has 0 aliphatic carbocycles. The third-order valence-electron chi connectivity index (χ3n) is 4.68. The standard InChI is InChI=1S/C20H19ClN2/c1-23-13-12-22-20(23,21)19-9-5-4-8-18(19)17-11-10-15-6-2-3-7-16(15)14-17/h2-11,14,22H,12-13H2,1H3. The van der Waals surface area contributed by atoms with Gasteiger partial charge in [0.2, 0.25) is 0 Å². The van der Waals surface area contributed by atoms with Gasteiger partial charge in [0.1, 0.15) is 0 Å². The number of alkyl halides is 1. The van der Waals surface area contributed by atoms with Gasteiger partial charge in [0.15, 0.2) is 5.12 Å². The van der Waals surface area contributed by atoms with Crippen molar-refractivity contribution in [2.45, 2.75) is 5.12 Å². The average Bonchev–Trinajstić information content (AvgIpc) is 2.94. The number of hydrogen-bond acceptors (Lipinski definition) is 2. The molecule has 0 aromatic heterocycles. The number of nitrogens with one attached hydrogen (secondary N) is 1. The molecule has 1 N–H and O–H groups in total. The third-order valence-corrected chi connectivity index (χ3v) is 5.30. The quantitative estimate of drug-likeness (QED) is 0.556. The Kier molecular flexibility index (Phi) is 3.61. The zero-order valence-corrected chi connectivity index (χ0v) is 13.8. The van der Waals surface area contributed by atoms with Crippen molar-refractivity contribution >= 4 is 22.4 Å². The molecule has 0 radical (unpaired) electrons. The summed E-state index contributed by atoms with van der Waals surface area (Å²) >= 11 is 6.93. The smallest absolute Gasteiger partial charge is 0.175 e. The minimum absolute atomic E-state index is 0.637. The highest BCUT2D eigenvalue weighted by molar-refractivity contribution is 6.24. The summed E-state index contributed by atoms with van der Waals surface area (Å²) in [5.74, 6) is 0. The Balaban J connectivity index is 1.88. The molecule has 0 amide bonds. The maximum absolute atomic E-state index is 6.93. The van der Waals surface area contributed by atoms with Gasteiger partial charge in [-0.15, -0.1) is 0 Å². The van der Waals surface area contributed by atoms with Crippen LogP contribution in [0.1, 0.15) is 5.56 Å². The Bertz CT molecular complexity index is 861. The molecule has 0 saturated carbocycles. The molecule has 1 unspecified atom stereocenters. The van der Waals surface area contributed by atoms with Crippen LogP contribution >= 0.6 is 11.6 Å². The topological polar surface area (TPSA) is 15.3 Å².